The molecule has 0 saturated heterocycles. The number of carbonyl (C=O) groups is 2. The largest absolute Gasteiger partial charge is 0.481 e. The van der Waals surface area contributed by atoms with Gasteiger partial charge >= 0.3 is 11.9 Å². The number of carboxylic acid groups (broad SMARTS) is 1. The second-order valence-electron chi connectivity index (χ2n) is 12.8. The highest BCUT2D eigenvalue weighted by Gasteiger charge is 2.14. The van der Waals surface area contributed by atoms with Crippen molar-refractivity contribution in [1.82, 2.24) is 0 Å². The van der Waals surface area contributed by atoms with E-state index in [0.29, 0.717) is 12.8 Å². The van der Waals surface area contributed by atoms with E-state index in [-0.39, 0.29) is 12.1 Å². The summed E-state index contributed by atoms with van der Waals surface area (Å²) in [5.74, 6) is -0.672. The molecule has 0 aromatic carbocycles. The van der Waals surface area contributed by atoms with Gasteiger partial charge in [-0.05, 0) is 64.2 Å². The second kappa shape index (κ2) is 34.2. The van der Waals surface area contributed by atoms with Crippen molar-refractivity contribution >= 4 is 11.9 Å². The molecule has 0 radical (unpaired) electrons. The lowest BCUT2D eigenvalue weighted by Gasteiger charge is -2.18. The summed E-state index contributed by atoms with van der Waals surface area (Å²) in [6, 6.07) is 0. The lowest BCUT2D eigenvalue weighted by atomic mass is 10.0. The molecule has 0 rings (SSSR count). The predicted octanol–water partition coefficient (Wildman–Crippen LogP) is 12.7. The molecule has 0 aliphatic heterocycles. The molecule has 248 valence electrons. The van der Waals surface area contributed by atoms with E-state index in [9.17, 15) is 9.59 Å². The number of unbranched alkanes of at least 4 members (excludes halogenated alkanes) is 23. The van der Waals surface area contributed by atoms with E-state index >= 15 is 0 Å². The van der Waals surface area contributed by atoms with Crippen molar-refractivity contribution in [2.45, 2.75) is 219 Å². The molecule has 0 aromatic rings. The molecule has 0 amide bonds. The maximum absolute atomic E-state index is 12.6. The zero-order valence-electron chi connectivity index (χ0n) is 28.3. The molecule has 1 N–H and O–H groups in total. The molecule has 4 nitrogen and oxygen atoms in total. The number of hydrogen-bond donors (Lipinski definition) is 1. The zero-order chi connectivity index (χ0) is 30.8. The Morgan fingerprint density at radius 1 is 0.500 bits per heavy atom. The van der Waals surface area contributed by atoms with Gasteiger partial charge in [0.15, 0.2) is 0 Å². The van der Waals surface area contributed by atoms with E-state index in [1.807, 2.05) is 0 Å². The molecule has 4 heteroatoms. The molecular weight excluding hydrogens is 520 g/mol. The average Bonchev–Trinajstić information content (AvgIpc) is 2.97. The number of esters is 1. The van der Waals surface area contributed by atoms with Crippen LogP contribution in [0, 0.1) is 0 Å². The SMILES string of the molecule is CCCCCC/C=C\CCCCCCCC(=O)OC(CCCCCCCCCCC)CCCCCCCCCC(=O)O. The van der Waals surface area contributed by atoms with Crippen LogP contribution in [0.3, 0.4) is 0 Å². The van der Waals surface area contributed by atoms with E-state index in [4.69, 9.17) is 9.84 Å². The molecule has 0 aliphatic rings. The van der Waals surface area contributed by atoms with Crippen LogP contribution in [0.25, 0.3) is 0 Å². The smallest absolute Gasteiger partial charge is 0.306 e. The van der Waals surface area contributed by atoms with Crippen molar-refractivity contribution in [3.8, 4) is 0 Å². The van der Waals surface area contributed by atoms with Crippen molar-refractivity contribution in [2.24, 2.45) is 0 Å². The average molecular weight is 593 g/mol. The van der Waals surface area contributed by atoms with Gasteiger partial charge in [0.2, 0.25) is 0 Å². The normalized spacial score (nSPS) is 12.2. The Morgan fingerprint density at radius 3 is 1.31 bits per heavy atom. The molecule has 0 spiro atoms. The maximum Gasteiger partial charge on any atom is 0.306 e. The van der Waals surface area contributed by atoms with Gasteiger partial charge in [-0.2, -0.15) is 0 Å². The van der Waals surface area contributed by atoms with Crippen LogP contribution in [0.15, 0.2) is 12.2 Å². The third-order valence-electron chi connectivity index (χ3n) is 8.49. The fraction of sp³-hybridized carbons (Fsp3) is 0.895. The van der Waals surface area contributed by atoms with Gasteiger partial charge < -0.3 is 9.84 Å². The Morgan fingerprint density at radius 2 is 0.857 bits per heavy atom. The number of ether oxygens (including phenoxy) is 1. The van der Waals surface area contributed by atoms with E-state index in [1.165, 1.54) is 135 Å². The fourth-order valence-electron chi connectivity index (χ4n) is 5.71. The van der Waals surface area contributed by atoms with E-state index in [2.05, 4.69) is 26.0 Å². The minimum atomic E-state index is -0.686. The van der Waals surface area contributed by atoms with Gasteiger partial charge in [-0.1, -0.05) is 148 Å². The van der Waals surface area contributed by atoms with Crippen LogP contribution in [0.4, 0.5) is 0 Å². The lowest BCUT2D eigenvalue weighted by Crippen LogP contribution is -2.18. The molecule has 1 unspecified atom stereocenters. The van der Waals surface area contributed by atoms with Crippen LogP contribution in [0.5, 0.6) is 0 Å². The first-order valence-electron chi connectivity index (χ1n) is 18.7. The topological polar surface area (TPSA) is 63.6 Å². The highest BCUT2D eigenvalue weighted by molar-refractivity contribution is 5.69. The summed E-state index contributed by atoms with van der Waals surface area (Å²) in [6.45, 7) is 4.53. The quantitative estimate of drug-likeness (QED) is 0.0458. The highest BCUT2D eigenvalue weighted by Crippen LogP contribution is 2.19. The van der Waals surface area contributed by atoms with E-state index in [1.54, 1.807) is 0 Å². The van der Waals surface area contributed by atoms with Crippen LogP contribution in [-0.2, 0) is 14.3 Å². The van der Waals surface area contributed by atoms with Gasteiger partial charge in [-0.25, -0.2) is 0 Å². The molecule has 0 bridgehead atoms. The Labute approximate surface area is 262 Å². The lowest BCUT2D eigenvalue weighted by molar-refractivity contribution is -0.150. The highest BCUT2D eigenvalue weighted by atomic mass is 16.5. The number of allylic oxidation sites excluding steroid dienone is 2. The standard InChI is InChI=1S/C38H72O4/c1-3-5-7-9-11-13-14-15-16-18-23-27-31-35-38(41)42-36(32-28-24-20-17-12-10-8-6-4-2)33-29-25-21-19-22-26-30-34-37(39)40/h13-14,36H,3-12,15-35H2,1-2H3,(H,39,40)/b14-13-. The van der Waals surface area contributed by atoms with Crippen molar-refractivity contribution in [2.75, 3.05) is 0 Å². The van der Waals surface area contributed by atoms with Gasteiger partial charge in [0, 0.05) is 12.8 Å². The molecule has 0 fully saturated rings. The van der Waals surface area contributed by atoms with Crippen LogP contribution >= 0.6 is 0 Å². The Bertz CT molecular complexity index is 600. The van der Waals surface area contributed by atoms with Gasteiger partial charge in [-0.15, -0.1) is 0 Å². The fourth-order valence-corrected chi connectivity index (χ4v) is 5.71. The number of carbonyl (C=O) groups excluding carboxylic acids is 1. The summed E-state index contributed by atoms with van der Waals surface area (Å²) in [5.41, 5.74) is 0. The van der Waals surface area contributed by atoms with Crippen molar-refractivity contribution in [3.05, 3.63) is 12.2 Å². The maximum atomic E-state index is 12.6. The van der Waals surface area contributed by atoms with Gasteiger partial charge in [0.1, 0.15) is 6.10 Å². The summed E-state index contributed by atoms with van der Waals surface area (Å²) in [4.78, 5) is 23.2. The summed E-state index contributed by atoms with van der Waals surface area (Å²) < 4.78 is 6.01. The van der Waals surface area contributed by atoms with Crippen LogP contribution in [-0.4, -0.2) is 23.1 Å². The Kier molecular flexibility index (Phi) is 33.1. The monoisotopic (exact) mass is 593 g/mol. The molecule has 1 atom stereocenters. The molecule has 0 saturated carbocycles. The van der Waals surface area contributed by atoms with Gasteiger partial charge in [0.25, 0.3) is 0 Å². The van der Waals surface area contributed by atoms with Crippen molar-refractivity contribution < 1.29 is 19.4 Å². The third-order valence-corrected chi connectivity index (χ3v) is 8.49. The van der Waals surface area contributed by atoms with Crippen molar-refractivity contribution in [3.63, 3.8) is 0 Å². The first-order chi connectivity index (χ1) is 20.6. The summed E-state index contributed by atoms with van der Waals surface area (Å²) in [5, 5.41) is 8.75. The van der Waals surface area contributed by atoms with Crippen LogP contribution < -0.4 is 0 Å². The first-order valence-corrected chi connectivity index (χ1v) is 18.7. The molecule has 0 heterocycles. The summed E-state index contributed by atoms with van der Waals surface area (Å²) in [6.07, 6.45) is 40.8. The Balaban J connectivity index is 4.06. The van der Waals surface area contributed by atoms with Crippen LogP contribution in [0.2, 0.25) is 0 Å². The van der Waals surface area contributed by atoms with Gasteiger partial charge in [-0.3, -0.25) is 9.59 Å². The second-order valence-corrected chi connectivity index (χ2v) is 12.8. The van der Waals surface area contributed by atoms with Gasteiger partial charge in [0.05, 0.1) is 0 Å². The molecule has 42 heavy (non-hydrogen) atoms. The zero-order valence-corrected chi connectivity index (χ0v) is 28.3. The van der Waals surface area contributed by atoms with Crippen LogP contribution in [0.1, 0.15) is 213 Å². The van der Waals surface area contributed by atoms with E-state index < -0.39 is 5.97 Å². The minimum Gasteiger partial charge on any atom is -0.481 e. The number of hydrogen-bond acceptors (Lipinski definition) is 3. The number of rotatable bonds is 34. The summed E-state index contributed by atoms with van der Waals surface area (Å²) in [7, 11) is 0. The molecule has 0 aromatic heterocycles. The minimum absolute atomic E-state index is 0.0142. The first kappa shape index (κ1) is 40.7. The number of carboxylic acids is 1. The predicted molar refractivity (Wildman–Crippen MR) is 181 cm³/mol. The third kappa shape index (κ3) is 33.2. The Hall–Kier alpha value is -1.32. The van der Waals surface area contributed by atoms with Crippen molar-refractivity contribution in [1.29, 1.82) is 0 Å². The van der Waals surface area contributed by atoms with E-state index in [0.717, 1.165) is 51.4 Å². The summed E-state index contributed by atoms with van der Waals surface area (Å²) >= 11 is 0. The molecular formula is C38H72O4. The molecule has 0 aliphatic carbocycles. The number of aliphatic carboxylic acids is 1.